The molecule has 1 heterocycles. The molecule has 2 aliphatic rings. The largest absolute Gasteiger partial charge is 0.464 e. The van der Waals surface area contributed by atoms with Crippen LogP contribution in [0.2, 0.25) is 0 Å². The Morgan fingerprint density at radius 2 is 1.19 bits per heavy atom. The molecular weight excluding hydrogens is 386 g/mol. The molecule has 31 heavy (non-hydrogen) atoms. The summed E-state index contributed by atoms with van der Waals surface area (Å²) in [4.78, 5) is 26.4. The number of likely N-dealkylation sites (tertiary alicyclic amines) is 1. The molecule has 0 bridgehead atoms. The molecule has 1 atom stereocenters. The van der Waals surface area contributed by atoms with E-state index in [0.29, 0.717) is 6.61 Å². The molecule has 0 aromatic rings. The molecule has 1 aliphatic carbocycles. The van der Waals surface area contributed by atoms with Crippen molar-refractivity contribution in [2.45, 2.75) is 141 Å². The number of ether oxygens (including phenoxy) is 1. The molecule has 4 nitrogen and oxygen atoms in total. The predicted molar refractivity (Wildman–Crippen MR) is 128 cm³/mol. The second-order valence-corrected chi connectivity index (χ2v) is 9.93. The van der Waals surface area contributed by atoms with Gasteiger partial charge in [0, 0.05) is 12.5 Å². The molecule has 1 amide bonds. The number of unbranched alkanes of at least 4 members (excludes halogenated alkanes) is 15. The molecule has 1 aliphatic heterocycles. The molecule has 1 saturated carbocycles. The van der Waals surface area contributed by atoms with Crippen LogP contribution in [0.25, 0.3) is 0 Å². The van der Waals surface area contributed by atoms with E-state index >= 15 is 0 Å². The number of hydrogen-bond donors (Lipinski definition) is 0. The molecule has 2 rings (SSSR count). The standard InChI is InChI=1S/C27H49NO3/c1-2-3-4-5-6-7-8-9-10-11-12-13-14-15-16-17-23-31-27(30)25-19-18-22-28(25)26(29)24-20-21-24/h24-25H,2-23H2,1H3. The first-order valence-corrected chi connectivity index (χ1v) is 13.7. The highest BCUT2D eigenvalue weighted by Crippen LogP contribution is 2.33. The summed E-state index contributed by atoms with van der Waals surface area (Å²) in [7, 11) is 0. The maximum Gasteiger partial charge on any atom is 0.328 e. The molecule has 4 heteroatoms. The quantitative estimate of drug-likeness (QED) is 0.159. The lowest BCUT2D eigenvalue weighted by Crippen LogP contribution is -2.42. The van der Waals surface area contributed by atoms with Crippen molar-refractivity contribution in [1.29, 1.82) is 0 Å². The van der Waals surface area contributed by atoms with E-state index < -0.39 is 0 Å². The van der Waals surface area contributed by atoms with Gasteiger partial charge in [-0.25, -0.2) is 4.79 Å². The maximum atomic E-state index is 12.3. The average molecular weight is 436 g/mol. The lowest BCUT2D eigenvalue weighted by molar-refractivity contribution is -0.153. The van der Waals surface area contributed by atoms with Gasteiger partial charge in [0.05, 0.1) is 6.61 Å². The summed E-state index contributed by atoms with van der Waals surface area (Å²) in [6.07, 6.45) is 25.2. The van der Waals surface area contributed by atoms with Crippen LogP contribution in [-0.2, 0) is 14.3 Å². The first-order chi connectivity index (χ1) is 15.2. The van der Waals surface area contributed by atoms with Crippen molar-refractivity contribution in [3.63, 3.8) is 0 Å². The van der Waals surface area contributed by atoms with Crippen molar-refractivity contribution in [2.24, 2.45) is 5.92 Å². The Morgan fingerprint density at radius 1 is 0.710 bits per heavy atom. The Hall–Kier alpha value is -1.06. The van der Waals surface area contributed by atoms with E-state index in [4.69, 9.17) is 4.74 Å². The molecule has 1 saturated heterocycles. The van der Waals surface area contributed by atoms with Crippen LogP contribution in [-0.4, -0.2) is 36.0 Å². The van der Waals surface area contributed by atoms with Crippen LogP contribution in [0, 0.1) is 5.92 Å². The van der Waals surface area contributed by atoms with Gasteiger partial charge in [0.25, 0.3) is 0 Å². The third-order valence-corrected chi connectivity index (χ3v) is 6.98. The molecule has 0 N–H and O–H groups in total. The topological polar surface area (TPSA) is 46.6 Å². The summed E-state index contributed by atoms with van der Waals surface area (Å²) in [6.45, 7) is 3.52. The van der Waals surface area contributed by atoms with Gasteiger partial charge in [-0.1, -0.05) is 103 Å². The highest BCUT2D eigenvalue weighted by Gasteiger charge is 2.41. The smallest absolute Gasteiger partial charge is 0.328 e. The van der Waals surface area contributed by atoms with Gasteiger partial charge in [-0.05, 0) is 32.1 Å². The summed E-state index contributed by atoms with van der Waals surface area (Å²) in [5, 5.41) is 0. The van der Waals surface area contributed by atoms with Gasteiger partial charge in [-0.15, -0.1) is 0 Å². The highest BCUT2D eigenvalue weighted by molar-refractivity contribution is 5.87. The van der Waals surface area contributed by atoms with Crippen LogP contribution in [0.3, 0.4) is 0 Å². The van der Waals surface area contributed by atoms with Crippen molar-refractivity contribution in [3.05, 3.63) is 0 Å². The summed E-state index contributed by atoms with van der Waals surface area (Å²) < 4.78 is 5.49. The average Bonchev–Trinajstić information content (AvgIpc) is 3.51. The highest BCUT2D eigenvalue weighted by atomic mass is 16.5. The molecular formula is C27H49NO3. The van der Waals surface area contributed by atoms with Gasteiger partial charge < -0.3 is 9.64 Å². The summed E-state index contributed by atoms with van der Waals surface area (Å²) >= 11 is 0. The van der Waals surface area contributed by atoms with Crippen LogP contribution in [0.4, 0.5) is 0 Å². The number of esters is 1. The number of carbonyl (C=O) groups excluding carboxylic acids is 2. The van der Waals surface area contributed by atoms with Crippen LogP contribution in [0.1, 0.15) is 135 Å². The number of nitrogens with zero attached hydrogens (tertiary/aromatic N) is 1. The zero-order chi connectivity index (χ0) is 22.2. The number of rotatable bonds is 19. The SMILES string of the molecule is CCCCCCCCCCCCCCCCCCOC(=O)C1CCCN1C(=O)C1CC1. The Kier molecular flexibility index (Phi) is 14.0. The van der Waals surface area contributed by atoms with Gasteiger partial charge in [0.1, 0.15) is 6.04 Å². The normalized spacial score (nSPS) is 18.5. The lowest BCUT2D eigenvalue weighted by Gasteiger charge is -2.23. The summed E-state index contributed by atoms with van der Waals surface area (Å²) in [6, 6.07) is -0.311. The Labute approximate surface area is 191 Å². The Morgan fingerprint density at radius 3 is 1.68 bits per heavy atom. The molecule has 0 radical (unpaired) electrons. The Balaban J connectivity index is 1.32. The van der Waals surface area contributed by atoms with Crippen LogP contribution < -0.4 is 0 Å². The first kappa shape index (κ1) is 26.2. The molecule has 2 fully saturated rings. The van der Waals surface area contributed by atoms with Gasteiger partial charge >= 0.3 is 5.97 Å². The van der Waals surface area contributed by atoms with Crippen molar-refractivity contribution >= 4 is 11.9 Å². The number of hydrogen-bond acceptors (Lipinski definition) is 3. The fourth-order valence-corrected chi connectivity index (χ4v) is 4.76. The third kappa shape index (κ3) is 11.4. The van der Waals surface area contributed by atoms with E-state index in [1.165, 1.54) is 89.9 Å². The van der Waals surface area contributed by atoms with Crippen LogP contribution >= 0.6 is 0 Å². The van der Waals surface area contributed by atoms with Crippen molar-refractivity contribution in [2.75, 3.05) is 13.2 Å². The molecule has 0 spiro atoms. The maximum absolute atomic E-state index is 12.3. The van der Waals surface area contributed by atoms with E-state index in [1.54, 1.807) is 4.90 Å². The fraction of sp³-hybridized carbons (Fsp3) is 0.926. The number of carbonyl (C=O) groups is 2. The van der Waals surface area contributed by atoms with E-state index in [-0.39, 0.29) is 23.8 Å². The van der Waals surface area contributed by atoms with Gasteiger partial charge in [-0.2, -0.15) is 0 Å². The van der Waals surface area contributed by atoms with E-state index in [2.05, 4.69) is 6.92 Å². The minimum Gasteiger partial charge on any atom is -0.464 e. The van der Waals surface area contributed by atoms with Crippen LogP contribution in [0.5, 0.6) is 0 Å². The van der Waals surface area contributed by atoms with Crippen molar-refractivity contribution in [3.8, 4) is 0 Å². The molecule has 0 aromatic carbocycles. The van der Waals surface area contributed by atoms with E-state index in [0.717, 1.165) is 45.1 Å². The van der Waals surface area contributed by atoms with Crippen LogP contribution in [0.15, 0.2) is 0 Å². The molecule has 1 unspecified atom stereocenters. The van der Waals surface area contributed by atoms with Gasteiger partial charge in [0.15, 0.2) is 0 Å². The predicted octanol–water partition coefficient (Wildman–Crippen LogP) is 7.19. The van der Waals surface area contributed by atoms with Gasteiger partial charge in [0.2, 0.25) is 5.91 Å². The fourth-order valence-electron chi connectivity index (χ4n) is 4.76. The molecule has 0 aromatic heterocycles. The minimum absolute atomic E-state index is 0.174. The number of amides is 1. The first-order valence-electron chi connectivity index (χ1n) is 13.7. The monoisotopic (exact) mass is 435 g/mol. The summed E-state index contributed by atoms with van der Waals surface area (Å²) in [5.41, 5.74) is 0. The van der Waals surface area contributed by atoms with Crippen molar-refractivity contribution in [1.82, 2.24) is 4.90 Å². The zero-order valence-electron chi connectivity index (χ0n) is 20.4. The zero-order valence-corrected chi connectivity index (χ0v) is 20.4. The van der Waals surface area contributed by atoms with Crippen molar-refractivity contribution < 1.29 is 14.3 Å². The second kappa shape index (κ2) is 16.6. The van der Waals surface area contributed by atoms with E-state index in [9.17, 15) is 9.59 Å². The Bertz CT molecular complexity index is 489. The molecule has 180 valence electrons. The van der Waals surface area contributed by atoms with E-state index in [1.807, 2.05) is 0 Å². The van der Waals surface area contributed by atoms with Gasteiger partial charge in [-0.3, -0.25) is 4.79 Å². The lowest BCUT2D eigenvalue weighted by atomic mass is 10.0. The second-order valence-electron chi connectivity index (χ2n) is 9.93. The third-order valence-electron chi connectivity index (χ3n) is 6.98. The summed E-state index contributed by atoms with van der Waals surface area (Å²) in [5.74, 6) is 0.197. The minimum atomic E-state index is -0.311.